The van der Waals surface area contributed by atoms with Crippen molar-refractivity contribution in [3.05, 3.63) is 24.0 Å². The standard InChI is InChI=1S/C12H17FN2O/c1-12(2)8-16-6-5-15(12)11-4-3-9(13)7-10(11)14/h3-4,7H,5-6,8,14H2,1-2H3. The summed E-state index contributed by atoms with van der Waals surface area (Å²) in [6, 6.07) is 4.54. The Labute approximate surface area is 95.0 Å². The molecule has 0 atom stereocenters. The molecule has 0 radical (unpaired) electrons. The number of halogens is 1. The van der Waals surface area contributed by atoms with E-state index in [9.17, 15) is 4.39 Å². The zero-order chi connectivity index (χ0) is 11.8. The molecule has 0 saturated carbocycles. The van der Waals surface area contributed by atoms with Gasteiger partial charge in [0.05, 0.1) is 30.1 Å². The SMILES string of the molecule is CC1(C)COCCN1c1ccc(F)cc1N. The highest BCUT2D eigenvalue weighted by atomic mass is 19.1. The van der Waals surface area contributed by atoms with E-state index in [0.29, 0.717) is 18.9 Å². The zero-order valence-corrected chi connectivity index (χ0v) is 9.66. The van der Waals surface area contributed by atoms with Crippen LogP contribution in [0.15, 0.2) is 18.2 Å². The van der Waals surface area contributed by atoms with Crippen LogP contribution in [0.3, 0.4) is 0 Å². The van der Waals surface area contributed by atoms with Crippen molar-refractivity contribution in [3.8, 4) is 0 Å². The Morgan fingerprint density at radius 3 is 2.81 bits per heavy atom. The molecule has 0 aromatic heterocycles. The molecular weight excluding hydrogens is 207 g/mol. The summed E-state index contributed by atoms with van der Waals surface area (Å²) in [5.41, 5.74) is 7.11. The molecule has 1 aliphatic rings. The molecule has 0 amide bonds. The minimum absolute atomic E-state index is 0.107. The summed E-state index contributed by atoms with van der Waals surface area (Å²) in [7, 11) is 0. The average Bonchev–Trinajstić information content (AvgIpc) is 2.19. The molecule has 1 aromatic rings. The Bertz CT molecular complexity index is 393. The van der Waals surface area contributed by atoms with Gasteiger partial charge in [-0.3, -0.25) is 0 Å². The van der Waals surface area contributed by atoms with E-state index >= 15 is 0 Å². The highest BCUT2D eigenvalue weighted by Gasteiger charge is 2.31. The van der Waals surface area contributed by atoms with Crippen LogP contribution in [0.1, 0.15) is 13.8 Å². The van der Waals surface area contributed by atoms with Gasteiger partial charge >= 0.3 is 0 Å². The van der Waals surface area contributed by atoms with Crippen LogP contribution >= 0.6 is 0 Å². The number of benzene rings is 1. The van der Waals surface area contributed by atoms with Crippen molar-refractivity contribution in [1.29, 1.82) is 0 Å². The Balaban J connectivity index is 2.35. The number of rotatable bonds is 1. The summed E-state index contributed by atoms with van der Waals surface area (Å²) >= 11 is 0. The van der Waals surface area contributed by atoms with E-state index in [-0.39, 0.29) is 11.4 Å². The fourth-order valence-corrected chi connectivity index (χ4v) is 2.08. The minimum Gasteiger partial charge on any atom is -0.397 e. The van der Waals surface area contributed by atoms with E-state index < -0.39 is 0 Å². The van der Waals surface area contributed by atoms with E-state index in [0.717, 1.165) is 12.2 Å². The monoisotopic (exact) mass is 224 g/mol. The maximum atomic E-state index is 13.0. The van der Waals surface area contributed by atoms with Crippen molar-refractivity contribution < 1.29 is 9.13 Å². The van der Waals surface area contributed by atoms with E-state index in [2.05, 4.69) is 18.7 Å². The normalized spacial score (nSPS) is 19.8. The highest BCUT2D eigenvalue weighted by Crippen LogP contribution is 2.31. The third kappa shape index (κ3) is 1.97. The lowest BCUT2D eigenvalue weighted by Crippen LogP contribution is -2.53. The molecule has 0 bridgehead atoms. The average molecular weight is 224 g/mol. The third-order valence-corrected chi connectivity index (χ3v) is 2.93. The number of anilines is 2. The van der Waals surface area contributed by atoms with Crippen LogP contribution in [0.5, 0.6) is 0 Å². The second-order valence-electron chi connectivity index (χ2n) is 4.72. The Morgan fingerprint density at radius 2 is 2.19 bits per heavy atom. The summed E-state index contributed by atoms with van der Waals surface area (Å²) < 4.78 is 18.4. The fourth-order valence-electron chi connectivity index (χ4n) is 2.08. The van der Waals surface area contributed by atoms with Gasteiger partial charge in [-0.25, -0.2) is 4.39 Å². The molecule has 88 valence electrons. The number of ether oxygens (including phenoxy) is 1. The first-order valence-corrected chi connectivity index (χ1v) is 5.41. The van der Waals surface area contributed by atoms with Gasteiger partial charge in [0.2, 0.25) is 0 Å². The molecule has 4 heteroatoms. The molecular formula is C12H17FN2O. The van der Waals surface area contributed by atoms with E-state index in [1.807, 2.05) is 0 Å². The number of nitrogens with two attached hydrogens (primary N) is 1. The quantitative estimate of drug-likeness (QED) is 0.742. The maximum Gasteiger partial charge on any atom is 0.125 e. The van der Waals surface area contributed by atoms with Gasteiger partial charge in [0, 0.05) is 6.54 Å². The van der Waals surface area contributed by atoms with Gasteiger partial charge in [-0.05, 0) is 32.0 Å². The lowest BCUT2D eigenvalue weighted by Gasteiger charge is -2.44. The maximum absolute atomic E-state index is 13.0. The van der Waals surface area contributed by atoms with E-state index in [1.54, 1.807) is 6.07 Å². The molecule has 1 aliphatic heterocycles. The molecule has 0 unspecified atom stereocenters. The van der Waals surface area contributed by atoms with Gasteiger partial charge in [-0.1, -0.05) is 0 Å². The summed E-state index contributed by atoms with van der Waals surface area (Å²) in [4.78, 5) is 2.17. The highest BCUT2D eigenvalue weighted by molar-refractivity contribution is 5.68. The first-order chi connectivity index (χ1) is 7.50. The van der Waals surface area contributed by atoms with E-state index in [4.69, 9.17) is 10.5 Å². The van der Waals surface area contributed by atoms with Crippen molar-refractivity contribution in [3.63, 3.8) is 0 Å². The second-order valence-corrected chi connectivity index (χ2v) is 4.72. The molecule has 2 N–H and O–H groups in total. The van der Waals surface area contributed by atoms with Gasteiger partial charge < -0.3 is 15.4 Å². The molecule has 1 fully saturated rings. The molecule has 0 spiro atoms. The van der Waals surface area contributed by atoms with Crippen LogP contribution in [0.4, 0.5) is 15.8 Å². The summed E-state index contributed by atoms with van der Waals surface area (Å²) in [5, 5.41) is 0. The van der Waals surface area contributed by atoms with Crippen molar-refractivity contribution >= 4 is 11.4 Å². The van der Waals surface area contributed by atoms with Crippen LogP contribution in [0, 0.1) is 5.82 Å². The van der Waals surface area contributed by atoms with Crippen molar-refractivity contribution in [2.24, 2.45) is 0 Å². The second kappa shape index (κ2) is 3.94. The van der Waals surface area contributed by atoms with Crippen LogP contribution in [0.25, 0.3) is 0 Å². The number of nitrogen functional groups attached to an aromatic ring is 1. The van der Waals surface area contributed by atoms with Gasteiger partial charge in [0.15, 0.2) is 0 Å². The van der Waals surface area contributed by atoms with Crippen molar-refractivity contribution in [2.75, 3.05) is 30.4 Å². The predicted octanol–water partition coefficient (Wildman–Crippen LogP) is 2.02. The van der Waals surface area contributed by atoms with Crippen LogP contribution < -0.4 is 10.6 Å². The number of hydrogen-bond donors (Lipinski definition) is 1. The van der Waals surface area contributed by atoms with Crippen LogP contribution in [-0.2, 0) is 4.74 Å². The Kier molecular flexibility index (Phi) is 2.76. The third-order valence-electron chi connectivity index (χ3n) is 2.93. The van der Waals surface area contributed by atoms with Gasteiger partial charge in [-0.15, -0.1) is 0 Å². The minimum atomic E-state index is -0.299. The predicted molar refractivity (Wildman–Crippen MR) is 63.1 cm³/mol. The summed E-state index contributed by atoms with van der Waals surface area (Å²) in [5.74, 6) is -0.299. The Morgan fingerprint density at radius 1 is 1.44 bits per heavy atom. The molecule has 1 aromatic carbocycles. The number of morpholine rings is 1. The van der Waals surface area contributed by atoms with Crippen molar-refractivity contribution in [2.45, 2.75) is 19.4 Å². The first kappa shape index (κ1) is 11.2. The zero-order valence-electron chi connectivity index (χ0n) is 9.66. The van der Waals surface area contributed by atoms with Crippen LogP contribution in [-0.4, -0.2) is 25.3 Å². The number of hydrogen-bond acceptors (Lipinski definition) is 3. The molecule has 1 saturated heterocycles. The molecule has 0 aliphatic carbocycles. The topological polar surface area (TPSA) is 38.5 Å². The van der Waals surface area contributed by atoms with Gasteiger partial charge in [0.1, 0.15) is 5.82 Å². The molecule has 16 heavy (non-hydrogen) atoms. The van der Waals surface area contributed by atoms with E-state index in [1.165, 1.54) is 12.1 Å². The summed E-state index contributed by atoms with van der Waals surface area (Å²) in [6.07, 6.45) is 0. The van der Waals surface area contributed by atoms with Crippen molar-refractivity contribution in [1.82, 2.24) is 0 Å². The molecule has 1 heterocycles. The lowest BCUT2D eigenvalue weighted by molar-refractivity contribution is 0.0645. The smallest absolute Gasteiger partial charge is 0.125 e. The lowest BCUT2D eigenvalue weighted by atomic mass is 10.0. The fraction of sp³-hybridized carbons (Fsp3) is 0.500. The Hall–Kier alpha value is -1.29. The first-order valence-electron chi connectivity index (χ1n) is 5.41. The molecule has 2 rings (SSSR count). The molecule has 3 nitrogen and oxygen atoms in total. The number of nitrogens with zero attached hydrogens (tertiary/aromatic N) is 1. The van der Waals surface area contributed by atoms with Gasteiger partial charge in [-0.2, -0.15) is 0 Å². The van der Waals surface area contributed by atoms with Crippen LogP contribution in [0.2, 0.25) is 0 Å². The summed E-state index contributed by atoms with van der Waals surface area (Å²) in [6.45, 7) is 6.30. The largest absolute Gasteiger partial charge is 0.397 e. The van der Waals surface area contributed by atoms with Gasteiger partial charge in [0.25, 0.3) is 0 Å².